The second kappa shape index (κ2) is 5.53. The number of benzene rings is 2. The third-order valence-electron chi connectivity index (χ3n) is 6.08. The Morgan fingerprint density at radius 1 is 0.926 bits per heavy atom. The van der Waals surface area contributed by atoms with Crippen LogP contribution in [0.3, 0.4) is 0 Å². The Hall–Kier alpha value is -2.94. The summed E-state index contributed by atoms with van der Waals surface area (Å²) in [5, 5.41) is 3.48. The zero-order valence-electron chi connectivity index (χ0n) is 15.3. The summed E-state index contributed by atoms with van der Waals surface area (Å²) < 4.78 is 6.42. The van der Waals surface area contributed by atoms with E-state index in [1.165, 1.54) is 36.6 Å². The van der Waals surface area contributed by atoms with Crippen molar-refractivity contribution in [1.82, 2.24) is 9.97 Å². The Kier molecular flexibility index (Phi) is 3.10. The summed E-state index contributed by atoms with van der Waals surface area (Å²) in [5.74, 6) is 2.46. The van der Waals surface area contributed by atoms with Gasteiger partial charge in [-0.25, -0.2) is 0 Å². The lowest BCUT2D eigenvalue weighted by atomic mass is 9.92. The van der Waals surface area contributed by atoms with Crippen molar-refractivity contribution in [1.29, 1.82) is 0 Å². The molecule has 0 atom stereocenters. The van der Waals surface area contributed by atoms with Crippen LogP contribution in [0.5, 0.6) is 11.5 Å². The maximum Gasteiger partial charge on any atom is 0.139 e. The van der Waals surface area contributed by atoms with Crippen LogP contribution < -0.4 is 4.74 Å². The van der Waals surface area contributed by atoms with Crippen LogP contribution in [-0.2, 0) is 0 Å². The molecule has 3 heterocycles. The van der Waals surface area contributed by atoms with Crippen molar-refractivity contribution in [3.05, 3.63) is 59.9 Å². The van der Waals surface area contributed by atoms with Crippen molar-refractivity contribution in [2.24, 2.45) is 0 Å². The first-order valence-electron chi connectivity index (χ1n) is 9.78. The molecule has 132 valence electrons. The SMILES string of the molecule is Cc1ccc2cc3c(cc2n1)Oc1cc(C2CCCC2)cc2ccnc-3c12. The minimum absolute atomic E-state index is 0.660. The molecule has 2 aliphatic rings. The highest BCUT2D eigenvalue weighted by molar-refractivity contribution is 6.04. The van der Waals surface area contributed by atoms with Gasteiger partial charge in [0.2, 0.25) is 0 Å². The lowest BCUT2D eigenvalue weighted by Gasteiger charge is -2.23. The second-order valence-electron chi connectivity index (χ2n) is 7.85. The smallest absolute Gasteiger partial charge is 0.139 e. The number of hydrogen-bond donors (Lipinski definition) is 0. The molecule has 1 fully saturated rings. The van der Waals surface area contributed by atoms with Crippen LogP contribution in [0.15, 0.2) is 48.7 Å². The van der Waals surface area contributed by atoms with Crippen LogP contribution in [0.4, 0.5) is 0 Å². The molecule has 27 heavy (non-hydrogen) atoms. The van der Waals surface area contributed by atoms with Gasteiger partial charge in [0.15, 0.2) is 0 Å². The summed E-state index contributed by atoms with van der Waals surface area (Å²) in [6.45, 7) is 2.02. The molecule has 2 aromatic heterocycles. The number of ether oxygens (including phenoxy) is 1. The largest absolute Gasteiger partial charge is 0.456 e. The molecular weight excluding hydrogens is 332 g/mol. The average molecular weight is 352 g/mol. The maximum absolute atomic E-state index is 6.42. The van der Waals surface area contributed by atoms with Gasteiger partial charge in [-0.3, -0.25) is 9.97 Å². The number of nitrogens with zero attached hydrogens (tertiary/aromatic N) is 2. The third-order valence-corrected chi connectivity index (χ3v) is 6.08. The molecule has 1 saturated carbocycles. The minimum Gasteiger partial charge on any atom is -0.456 e. The molecule has 1 aliphatic carbocycles. The molecule has 0 spiro atoms. The zero-order chi connectivity index (χ0) is 18.0. The molecule has 6 rings (SSSR count). The summed E-state index contributed by atoms with van der Waals surface area (Å²) in [6, 6.07) is 15.1. The van der Waals surface area contributed by atoms with Crippen LogP contribution in [0.25, 0.3) is 32.9 Å². The Labute approximate surface area is 158 Å². The first kappa shape index (κ1) is 15.2. The zero-order valence-corrected chi connectivity index (χ0v) is 15.3. The molecule has 0 bridgehead atoms. The van der Waals surface area contributed by atoms with E-state index in [4.69, 9.17) is 9.72 Å². The molecule has 0 amide bonds. The summed E-state index contributed by atoms with van der Waals surface area (Å²) in [4.78, 5) is 9.40. The summed E-state index contributed by atoms with van der Waals surface area (Å²) in [5.41, 5.74) is 5.47. The molecule has 2 aromatic carbocycles. The van der Waals surface area contributed by atoms with Crippen molar-refractivity contribution in [2.75, 3.05) is 0 Å². The van der Waals surface area contributed by atoms with Crippen molar-refractivity contribution in [2.45, 2.75) is 38.5 Å². The Bertz CT molecular complexity index is 1220. The summed E-state index contributed by atoms with van der Waals surface area (Å²) in [7, 11) is 0. The lowest BCUT2D eigenvalue weighted by Crippen LogP contribution is -2.02. The number of fused-ring (bicyclic) bond motifs is 3. The fraction of sp³-hybridized carbons (Fsp3) is 0.250. The van der Waals surface area contributed by atoms with E-state index in [-0.39, 0.29) is 0 Å². The number of pyridine rings is 2. The van der Waals surface area contributed by atoms with Gasteiger partial charge in [-0.2, -0.15) is 0 Å². The Morgan fingerprint density at radius 3 is 2.70 bits per heavy atom. The normalized spacial score (nSPS) is 15.9. The van der Waals surface area contributed by atoms with Gasteiger partial charge in [0.25, 0.3) is 0 Å². The van der Waals surface area contributed by atoms with Crippen molar-refractivity contribution < 1.29 is 4.74 Å². The molecule has 0 radical (unpaired) electrons. The topological polar surface area (TPSA) is 35.0 Å². The number of rotatable bonds is 1. The predicted molar refractivity (Wildman–Crippen MR) is 109 cm³/mol. The van der Waals surface area contributed by atoms with Gasteiger partial charge in [-0.15, -0.1) is 0 Å². The third kappa shape index (κ3) is 2.27. The fourth-order valence-corrected chi connectivity index (χ4v) is 4.72. The van der Waals surface area contributed by atoms with E-state index in [0.29, 0.717) is 5.92 Å². The lowest BCUT2D eigenvalue weighted by molar-refractivity contribution is 0.485. The molecule has 3 heteroatoms. The van der Waals surface area contributed by atoms with E-state index in [2.05, 4.69) is 41.4 Å². The van der Waals surface area contributed by atoms with E-state index in [1.54, 1.807) is 0 Å². The van der Waals surface area contributed by atoms with Gasteiger partial charge in [0.05, 0.1) is 16.6 Å². The summed E-state index contributed by atoms with van der Waals surface area (Å²) >= 11 is 0. The van der Waals surface area contributed by atoms with Crippen LogP contribution in [0.1, 0.15) is 42.9 Å². The van der Waals surface area contributed by atoms with Gasteiger partial charge in [0.1, 0.15) is 11.5 Å². The van der Waals surface area contributed by atoms with Gasteiger partial charge in [-0.1, -0.05) is 25.0 Å². The Morgan fingerprint density at radius 2 is 1.81 bits per heavy atom. The van der Waals surface area contributed by atoms with Crippen LogP contribution in [-0.4, -0.2) is 9.97 Å². The van der Waals surface area contributed by atoms with E-state index in [1.807, 2.05) is 19.2 Å². The predicted octanol–water partition coefficient (Wildman–Crippen LogP) is 6.52. The minimum atomic E-state index is 0.660. The van der Waals surface area contributed by atoms with Gasteiger partial charge in [-0.05, 0) is 60.9 Å². The van der Waals surface area contributed by atoms with E-state index in [9.17, 15) is 0 Å². The first-order valence-corrected chi connectivity index (χ1v) is 9.78. The van der Waals surface area contributed by atoms with Crippen LogP contribution in [0, 0.1) is 6.92 Å². The molecule has 3 nitrogen and oxygen atoms in total. The van der Waals surface area contributed by atoms with Crippen LogP contribution in [0.2, 0.25) is 0 Å². The molecule has 1 aliphatic heterocycles. The van der Waals surface area contributed by atoms with Gasteiger partial charge < -0.3 is 4.74 Å². The van der Waals surface area contributed by atoms with Gasteiger partial charge in [0, 0.05) is 28.9 Å². The van der Waals surface area contributed by atoms with E-state index >= 15 is 0 Å². The van der Waals surface area contributed by atoms with Crippen molar-refractivity contribution >= 4 is 21.7 Å². The van der Waals surface area contributed by atoms with E-state index < -0.39 is 0 Å². The van der Waals surface area contributed by atoms with Crippen molar-refractivity contribution in [3.8, 4) is 22.8 Å². The summed E-state index contributed by atoms with van der Waals surface area (Å²) in [6.07, 6.45) is 7.16. The molecule has 4 aromatic rings. The maximum atomic E-state index is 6.42. The monoisotopic (exact) mass is 352 g/mol. The molecular formula is C24H20N2O. The first-order chi connectivity index (χ1) is 13.3. The number of hydrogen-bond acceptors (Lipinski definition) is 3. The van der Waals surface area contributed by atoms with Crippen LogP contribution >= 0.6 is 0 Å². The highest BCUT2D eigenvalue weighted by Crippen LogP contribution is 2.48. The highest BCUT2D eigenvalue weighted by atomic mass is 16.5. The van der Waals surface area contributed by atoms with Crippen molar-refractivity contribution in [3.63, 3.8) is 0 Å². The Balaban J connectivity index is 1.61. The standard InChI is InChI=1S/C24H20N2O/c1-14-6-7-16-11-19-21(13-20(16)26-14)27-22-12-18(15-4-2-3-5-15)10-17-8-9-25-24(19)23(17)22/h6-13,15H,2-5H2,1H3. The average Bonchev–Trinajstić information content (AvgIpc) is 3.21. The molecule has 0 saturated heterocycles. The second-order valence-corrected chi connectivity index (χ2v) is 7.85. The van der Waals surface area contributed by atoms with Gasteiger partial charge >= 0.3 is 0 Å². The quantitative estimate of drug-likeness (QED) is 0.344. The molecule has 0 unspecified atom stereocenters. The van der Waals surface area contributed by atoms with E-state index in [0.717, 1.165) is 44.7 Å². The fourth-order valence-electron chi connectivity index (χ4n) is 4.72. The highest BCUT2D eigenvalue weighted by Gasteiger charge is 2.25. The molecule has 0 N–H and O–H groups in total. The number of aryl methyl sites for hydroxylation is 1. The number of aromatic nitrogens is 2.